The Morgan fingerprint density at radius 2 is 1.95 bits per heavy atom. The summed E-state index contributed by atoms with van der Waals surface area (Å²) in [6.07, 6.45) is 4.24. The van der Waals surface area contributed by atoms with Crippen molar-refractivity contribution in [3.63, 3.8) is 0 Å². The molecule has 0 aliphatic carbocycles. The van der Waals surface area contributed by atoms with E-state index >= 15 is 0 Å². The quantitative estimate of drug-likeness (QED) is 0.804. The Kier molecular flexibility index (Phi) is 8.55. The summed E-state index contributed by atoms with van der Waals surface area (Å²) >= 11 is 12.2. The van der Waals surface area contributed by atoms with Crippen LogP contribution in [0.15, 0.2) is 18.2 Å². The summed E-state index contributed by atoms with van der Waals surface area (Å²) in [4.78, 5) is 12.9. The van der Waals surface area contributed by atoms with E-state index in [2.05, 4.69) is 4.90 Å². The predicted octanol–water partition coefficient (Wildman–Crippen LogP) is 4.53. The zero-order valence-corrected chi connectivity index (χ0v) is 14.8. The van der Waals surface area contributed by atoms with Crippen LogP contribution in [0.5, 0.6) is 0 Å². The number of nitrogens with zero attached hydrogens (tertiary/aromatic N) is 1. The molecule has 1 fully saturated rings. The zero-order valence-electron chi connectivity index (χ0n) is 12.4. The topological polar surface area (TPSA) is 40.5 Å². The number of halogens is 3. The lowest BCUT2D eigenvalue weighted by atomic mass is 9.90. The van der Waals surface area contributed by atoms with Crippen molar-refractivity contribution in [2.45, 2.75) is 32.1 Å². The van der Waals surface area contributed by atoms with Crippen molar-refractivity contribution in [1.29, 1.82) is 0 Å². The lowest BCUT2D eigenvalue weighted by Crippen LogP contribution is -2.35. The third-order valence-corrected chi connectivity index (χ3v) is 4.69. The summed E-state index contributed by atoms with van der Waals surface area (Å²) in [7, 11) is 0. The minimum absolute atomic E-state index is 0. The molecule has 0 atom stereocenters. The van der Waals surface area contributed by atoms with Gasteiger partial charge in [0.25, 0.3) is 0 Å². The van der Waals surface area contributed by atoms with Crippen molar-refractivity contribution in [2.24, 2.45) is 5.92 Å². The van der Waals surface area contributed by atoms with Gasteiger partial charge in [-0.15, -0.1) is 12.4 Å². The van der Waals surface area contributed by atoms with Gasteiger partial charge in [-0.25, -0.2) is 0 Å². The van der Waals surface area contributed by atoms with Crippen LogP contribution in [-0.4, -0.2) is 35.6 Å². The molecule has 0 amide bonds. The van der Waals surface area contributed by atoms with Gasteiger partial charge in [0.15, 0.2) is 0 Å². The molecule has 1 aliphatic rings. The first-order valence-corrected chi connectivity index (χ1v) is 8.18. The molecule has 1 aromatic rings. The van der Waals surface area contributed by atoms with Crippen molar-refractivity contribution in [2.75, 3.05) is 19.6 Å². The number of rotatable bonds is 6. The Labute approximate surface area is 148 Å². The Balaban J connectivity index is 0.00000242. The number of aliphatic carboxylic acids is 1. The molecule has 1 N–H and O–H groups in total. The number of hydrogen-bond donors (Lipinski definition) is 1. The fraction of sp³-hybridized carbons (Fsp3) is 0.562. The number of carbonyl (C=O) groups is 1. The molecule has 124 valence electrons. The van der Waals surface area contributed by atoms with Gasteiger partial charge in [0.05, 0.1) is 0 Å². The molecule has 0 aromatic heterocycles. The average Bonchev–Trinajstić information content (AvgIpc) is 2.44. The monoisotopic (exact) mass is 365 g/mol. The van der Waals surface area contributed by atoms with Crippen molar-refractivity contribution in [3.8, 4) is 0 Å². The number of carboxylic acids is 1. The minimum Gasteiger partial charge on any atom is -0.481 e. The first-order chi connectivity index (χ1) is 10.0. The van der Waals surface area contributed by atoms with E-state index in [-0.39, 0.29) is 18.8 Å². The van der Waals surface area contributed by atoms with E-state index in [0.717, 1.165) is 60.9 Å². The lowest BCUT2D eigenvalue weighted by Gasteiger charge is -2.32. The van der Waals surface area contributed by atoms with Crippen LogP contribution in [0.3, 0.4) is 0 Å². The average molecular weight is 367 g/mol. The Morgan fingerprint density at radius 1 is 1.27 bits per heavy atom. The molecule has 0 radical (unpaired) electrons. The van der Waals surface area contributed by atoms with Gasteiger partial charge in [-0.1, -0.05) is 23.2 Å². The van der Waals surface area contributed by atoms with E-state index in [1.807, 2.05) is 18.2 Å². The van der Waals surface area contributed by atoms with Crippen molar-refractivity contribution in [3.05, 3.63) is 33.8 Å². The number of carboxylic acid groups (broad SMARTS) is 1. The predicted molar refractivity (Wildman–Crippen MR) is 93.4 cm³/mol. The highest BCUT2D eigenvalue weighted by Gasteiger charge is 2.20. The Morgan fingerprint density at radius 3 is 2.59 bits per heavy atom. The Bertz CT molecular complexity index is 488. The molecule has 2 rings (SSSR count). The molecule has 1 saturated heterocycles. The molecule has 0 spiro atoms. The van der Waals surface area contributed by atoms with Crippen LogP contribution < -0.4 is 0 Å². The van der Waals surface area contributed by atoms with E-state index in [9.17, 15) is 4.79 Å². The van der Waals surface area contributed by atoms with Gasteiger partial charge in [0.2, 0.25) is 0 Å². The maximum Gasteiger partial charge on any atom is 0.303 e. The normalized spacial score (nSPS) is 16.3. The fourth-order valence-corrected chi connectivity index (χ4v) is 3.27. The highest BCUT2D eigenvalue weighted by Crippen LogP contribution is 2.27. The molecule has 0 bridgehead atoms. The first-order valence-electron chi connectivity index (χ1n) is 7.42. The second-order valence-corrected chi connectivity index (χ2v) is 6.57. The summed E-state index contributed by atoms with van der Waals surface area (Å²) in [5.74, 6) is -0.0721. The molecule has 22 heavy (non-hydrogen) atoms. The SMILES string of the molecule is Cl.O=C(O)CCCN1CCC(Cc2cc(Cl)ccc2Cl)CC1. The summed E-state index contributed by atoms with van der Waals surface area (Å²) in [5, 5.41) is 10.2. The van der Waals surface area contributed by atoms with Gasteiger partial charge in [0, 0.05) is 16.5 Å². The highest BCUT2D eigenvalue weighted by molar-refractivity contribution is 6.33. The zero-order chi connectivity index (χ0) is 15.2. The second-order valence-electron chi connectivity index (χ2n) is 5.72. The van der Waals surface area contributed by atoms with Gasteiger partial charge >= 0.3 is 5.97 Å². The van der Waals surface area contributed by atoms with Crippen LogP contribution in [0.2, 0.25) is 10.0 Å². The van der Waals surface area contributed by atoms with E-state index in [1.165, 1.54) is 0 Å². The van der Waals surface area contributed by atoms with Gasteiger partial charge in [-0.3, -0.25) is 4.79 Å². The lowest BCUT2D eigenvalue weighted by molar-refractivity contribution is -0.137. The van der Waals surface area contributed by atoms with Crippen LogP contribution in [0.1, 0.15) is 31.2 Å². The second kappa shape index (κ2) is 9.61. The van der Waals surface area contributed by atoms with Crippen LogP contribution in [0.25, 0.3) is 0 Å². The number of hydrogen-bond acceptors (Lipinski definition) is 2. The maximum atomic E-state index is 10.5. The van der Waals surface area contributed by atoms with E-state index in [0.29, 0.717) is 5.92 Å². The van der Waals surface area contributed by atoms with Crippen LogP contribution in [0, 0.1) is 5.92 Å². The van der Waals surface area contributed by atoms with Crippen molar-refractivity contribution < 1.29 is 9.90 Å². The smallest absolute Gasteiger partial charge is 0.303 e. The standard InChI is InChI=1S/C16H21Cl2NO2.ClH/c17-14-3-4-15(18)13(11-14)10-12-5-8-19(9-6-12)7-1-2-16(20)21;/h3-4,11-12H,1-2,5-10H2,(H,20,21);1H. The number of benzene rings is 1. The summed E-state index contributed by atoms with van der Waals surface area (Å²) in [6, 6.07) is 5.64. The van der Waals surface area contributed by atoms with Crippen LogP contribution in [-0.2, 0) is 11.2 Å². The highest BCUT2D eigenvalue weighted by atomic mass is 35.5. The minimum atomic E-state index is -0.708. The summed E-state index contributed by atoms with van der Waals surface area (Å²) < 4.78 is 0. The van der Waals surface area contributed by atoms with Crippen molar-refractivity contribution in [1.82, 2.24) is 4.90 Å². The molecule has 1 aliphatic heterocycles. The molecular formula is C16H22Cl3NO2. The van der Waals surface area contributed by atoms with E-state index in [4.69, 9.17) is 28.3 Å². The molecule has 3 nitrogen and oxygen atoms in total. The third-order valence-electron chi connectivity index (χ3n) is 4.09. The summed E-state index contributed by atoms with van der Waals surface area (Å²) in [5.41, 5.74) is 1.13. The molecule has 0 unspecified atom stereocenters. The number of likely N-dealkylation sites (tertiary alicyclic amines) is 1. The Hall–Kier alpha value is -0.480. The molecular weight excluding hydrogens is 345 g/mol. The maximum absolute atomic E-state index is 10.5. The molecule has 6 heteroatoms. The first kappa shape index (κ1) is 19.6. The van der Waals surface area contributed by atoms with Crippen LogP contribution >= 0.6 is 35.6 Å². The summed E-state index contributed by atoms with van der Waals surface area (Å²) in [6.45, 7) is 2.97. The van der Waals surface area contributed by atoms with Gasteiger partial charge in [-0.2, -0.15) is 0 Å². The van der Waals surface area contributed by atoms with E-state index in [1.54, 1.807) is 0 Å². The van der Waals surface area contributed by atoms with Crippen molar-refractivity contribution >= 4 is 41.6 Å². The van der Waals surface area contributed by atoms with Gasteiger partial charge in [-0.05, 0) is 75.0 Å². The number of piperidine rings is 1. The molecule has 1 aromatic carbocycles. The van der Waals surface area contributed by atoms with E-state index < -0.39 is 5.97 Å². The fourth-order valence-electron chi connectivity index (χ4n) is 2.88. The largest absolute Gasteiger partial charge is 0.481 e. The van der Waals surface area contributed by atoms with Crippen LogP contribution in [0.4, 0.5) is 0 Å². The third kappa shape index (κ3) is 6.33. The molecule has 0 saturated carbocycles. The molecule has 1 heterocycles. The van der Waals surface area contributed by atoms with Gasteiger partial charge < -0.3 is 10.0 Å². The van der Waals surface area contributed by atoms with Gasteiger partial charge in [0.1, 0.15) is 0 Å².